The lowest BCUT2D eigenvalue weighted by Crippen LogP contribution is -2.49. The minimum atomic E-state index is -1.07. The van der Waals surface area contributed by atoms with Crippen molar-refractivity contribution >= 4 is 11.8 Å². The van der Waals surface area contributed by atoms with Crippen molar-refractivity contribution in [1.29, 1.82) is 0 Å². The van der Waals surface area contributed by atoms with Gasteiger partial charge in [0.15, 0.2) is 0 Å². The molecular weight excluding hydrogens is 504 g/mol. The third-order valence-electron chi connectivity index (χ3n) is 8.27. The van der Waals surface area contributed by atoms with E-state index in [9.17, 15) is 14.3 Å². The number of aryl methyl sites for hydroxylation is 2. The molecule has 1 aromatic heterocycles. The van der Waals surface area contributed by atoms with Gasteiger partial charge in [-0.15, -0.1) is 0 Å². The molecule has 0 amide bonds. The topological polar surface area (TPSA) is 83.9 Å². The summed E-state index contributed by atoms with van der Waals surface area (Å²) < 4.78 is 40.7. The van der Waals surface area contributed by atoms with Crippen molar-refractivity contribution < 1.29 is 28.2 Å². The smallest absolute Gasteiger partial charge is 0.325 e. The van der Waals surface area contributed by atoms with Gasteiger partial charge >= 0.3 is 5.97 Å². The van der Waals surface area contributed by atoms with Crippen molar-refractivity contribution in [2.75, 3.05) is 38.2 Å². The highest BCUT2D eigenvalue weighted by Crippen LogP contribution is 2.35. The summed E-state index contributed by atoms with van der Waals surface area (Å²) in [6.45, 7) is 4.78. The molecule has 3 aliphatic rings. The Bertz CT molecular complexity index is 1160. The third-order valence-corrected chi connectivity index (χ3v) is 8.27. The van der Waals surface area contributed by atoms with Gasteiger partial charge in [0.1, 0.15) is 29.4 Å². The number of halogens is 2. The minimum Gasteiger partial charge on any atom is -0.480 e. The van der Waals surface area contributed by atoms with Crippen molar-refractivity contribution in [2.24, 2.45) is 5.92 Å². The number of carbonyl (C=O) groups is 1. The predicted molar refractivity (Wildman–Crippen MR) is 144 cm³/mol. The maximum Gasteiger partial charge on any atom is 0.325 e. The highest BCUT2D eigenvalue weighted by atomic mass is 19.1. The monoisotopic (exact) mass is 543 g/mol. The maximum atomic E-state index is 15.2. The van der Waals surface area contributed by atoms with Gasteiger partial charge in [0.25, 0.3) is 0 Å². The number of hydrogen-bond donors (Lipinski definition) is 2. The Morgan fingerprint density at radius 2 is 2.15 bits per heavy atom. The fourth-order valence-corrected chi connectivity index (χ4v) is 5.90. The van der Waals surface area contributed by atoms with E-state index in [0.29, 0.717) is 50.3 Å². The third kappa shape index (κ3) is 6.76. The number of hydrogen-bond acceptors (Lipinski definition) is 6. The number of ether oxygens (including phenoxy) is 2. The number of carboxylic acids is 1. The normalized spacial score (nSPS) is 22.0. The van der Waals surface area contributed by atoms with Crippen LogP contribution in [0, 0.1) is 11.7 Å². The van der Waals surface area contributed by atoms with Crippen LogP contribution in [0.5, 0.6) is 0 Å². The van der Waals surface area contributed by atoms with Crippen LogP contribution in [0.1, 0.15) is 67.5 Å². The first-order valence-electron chi connectivity index (χ1n) is 14.1. The molecule has 0 spiro atoms. The molecule has 3 aliphatic heterocycles. The van der Waals surface area contributed by atoms with Gasteiger partial charge in [0.2, 0.25) is 0 Å². The number of benzene rings is 1. The number of aromatic nitrogens is 1. The van der Waals surface area contributed by atoms with E-state index in [0.717, 1.165) is 50.2 Å². The Morgan fingerprint density at radius 3 is 2.92 bits per heavy atom. The number of aliphatic carboxylic acids is 1. The molecule has 2 fully saturated rings. The van der Waals surface area contributed by atoms with Gasteiger partial charge in [-0.2, -0.15) is 0 Å². The second-order valence-corrected chi connectivity index (χ2v) is 11.5. The second kappa shape index (κ2) is 12.3. The van der Waals surface area contributed by atoms with E-state index in [2.05, 4.69) is 17.4 Å². The molecule has 2 N–H and O–H groups in total. The summed E-state index contributed by atoms with van der Waals surface area (Å²) in [6, 6.07) is 7.36. The first-order chi connectivity index (χ1) is 18.8. The first-order valence-corrected chi connectivity index (χ1v) is 14.1. The molecule has 0 aliphatic carbocycles. The van der Waals surface area contributed by atoms with E-state index in [1.165, 1.54) is 17.7 Å². The number of fused-ring (bicyclic) bond motifs is 1. The van der Waals surface area contributed by atoms with Crippen molar-refractivity contribution in [1.82, 2.24) is 9.88 Å². The fourth-order valence-electron chi connectivity index (χ4n) is 5.90. The number of rotatable bonds is 12. The molecule has 0 radical (unpaired) electrons. The molecule has 212 valence electrons. The summed E-state index contributed by atoms with van der Waals surface area (Å²) in [5.41, 5.74) is 2.87. The number of carboxylic acid groups (broad SMARTS) is 1. The maximum absolute atomic E-state index is 15.2. The average molecular weight is 544 g/mol. The molecule has 1 aromatic carbocycles. The molecular formula is C30H39F2N3O4. The summed E-state index contributed by atoms with van der Waals surface area (Å²) in [7, 11) is 0. The van der Waals surface area contributed by atoms with Crippen LogP contribution in [-0.2, 0) is 33.7 Å². The lowest BCUT2D eigenvalue weighted by molar-refractivity contribution is -0.204. The van der Waals surface area contributed by atoms with E-state index < -0.39 is 29.6 Å². The molecule has 5 rings (SSSR count). The van der Waals surface area contributed by atoms with E-state index in [1.807, 2.05) is 6.92 Å². The van der Waals surface area contributed by atoms with Crippen molar-refractivity contribution in [2.45, 2.75) is 76.3 Å². The van der Waals surface area contributed by atoms with Gasteiger partial charge in [-0.3, -0.25) is 9.69 Å². The van der Waals surface area contributed by atoms with Gasteiger partial charge < -0.3 is 19.9 Å². The molecule has 0 saturated carbocycles. The van der Waals surface area contributed by atoms with Gasteiger partial charge in [0.05, 0.1) is 19.8 Å². The molecule has 9 heteroatoms. The summed E-state index contributed by atoms with van der Waals surface area (Å²) in [5.74, 6) is -0.817. The molecule has 0 bridgehead atoms. The zero-order valence-electron chi connectivity index (χ0n) is 22.6. The van der Waals surface area contributed by atoms with E-state index in [1.54, 1.807) is 11.0 Å². The van der Waals surface area contributed by atoms with Crippen LogP contribution < -0.4 is 5.32 Å². The predicted octanol–water partition coefficient (Wildman–Crippen LogP) is 5.08. The minimum absolute atomic E-state index is 0.164. The van der Waals surface area contributed by atoms with Crippen LogP contribution in [0.4, 0.5) is 14.6 Å². The van der Waals surface area contributed by atoms with Crippen LogP contribution in [-0.4, -0.2) is 65.6 Å². The Labute approximate surface area is 228 Å². The van der Waals surface area contributed by atoms with Gasteiger partial charge in [0, 0.05) is 24.7 Å². The molecule has 39 heavy (non-hydrogen) atoms. The fraction of sp³-hybridized carbons (Fsp3) is 0.600. The lowest BCUT2D eigenvalue weighted by Gasteiger charge is -2.38. The number of anilines is 1. The van der Waals surface area contributed by atoms with E-state index in [-0.39, 0.29) is 12.5 Å². The molecule has 3 atom stereocenters. The molecule has 4 heterocycles. The molecule has 7 nitrogen and oxygen atoms in total. The molecule has 2 saturated heterocycles. The zero-order chi connectivity index (χ0) is 27.4. The number of alkyl halides is 1. The lowest BCUT2D eigenvalue weighted by atomic mass is 9.96. The zero-order valence-corrected chi connectivity index (χ0v) is 22.6. The van der Waals surface area contributed by atoms with Crippen LogP contribution in [0.2, 0.25) is 0 Å². The quantitative estimate of drug-likeness (QED) is 0.361. The Hall–Kier alpha value is -2.62. The summed E-state index contributed by atoms with van der Waals surface area (Å²) >= 11 is 0. The average Bonchev–Trinajstić information content (AvgIpc) is 3.39. The summed E-state index contributed by atoms with van der Waals surface area (Å²) in [4.78, 5) is 18.9. The molecule has 3 unspecified atom stereocenters. The second-order valence-electron chi connectivity index (χ2n) is 11.5. The van der Waals surface area contributed by atoms with Crippen molar-refractivity contribution in [3.8, 4) is 0 Å². The standard InChI is InChI=1S/C30H39F2N3O4/c1-30(18-38-19-30)39-17-22-8-10-23(31)15-25(22)27(29(36)37)35-14-12-21(16-35)26(32)7-3-2-6-24-11-9-20-5-4-13-33-28(20)34-24/h8-11,15,21,26-27H,2-7,12-14,16-19H2,1H3,(H,33,34)(H,36,37). The van der Waals surface area contributed by atoms with E-state index in [4.69, 9.17) is 14.5 Å². The van der Waals surface area contributed by atoms with Gasteiger partial charge in [-0.1, -0.05) is 18.6 Å². The van der Waals surface area contributed by atoms with Gasteiger partial charge in [-0.25, -0.2) is 13.8 Å². The largest absolute Gasteiger partial charge is 0.480 e. The Kier molecular flexibility index (Phi) is 8.79. The summed E-state index contributed by atoms with van der Waals surface area (Å²) in [6.07, 6.45) is 4.63. The number of pyridine rings is 1. The highest BCUT2D eigenvalue weighted by Gasteiger charge is 2.39. The highest BCUT2D eigenvalue weighted by molar-refractivity contribution is 5.76. The SMILES string of the molecule is CC1(OCc2ccc(F)cc2C(C(=O)O)N2CCC(C(F)CCCCc3ccc4c(n3)NCCC4)C2)COC1. The van der Waals surface area contributed by atoms with Crippen molar-refractivity contribution in [3.63, 3.8) is 0 Å². The van der Waals surface area contributed by atoms with Crippen LogP contribution in [0.3, 0.4) is 0 Å². The van der Waals surface area contributed by atoms with Gasteiger partial charge in [-0.05, 0) is 86.9 Å². The molecule has 2 aromatic rings. The number of likely N-dealkylation sites (tertiary alicyclic amines) is 1. The van der Waals surface area contributed by atoms with Crippen LogP contribution in [0.25, 0.3) is 0 Å². The van der Waals surface area contributed by atoms with Crippen LogP contribution >= 0.6 is 0 Å². The Morgan fingerprint density at radius 1 is 1.31 bits per heavy atom. The Balaban J connectivity index is 1.15. The number of nitrogens with one attached hydrogen (secondary N) is 1. The summed E-state index contributed by atoms with van der Waals surface area (Å²) in [5, 5.41) is 13.5. The van der Waals surface area contributed by atoms with E-state index >= 15 is 4.39 Å². The number of unbranched alkanes of at least 4 members (excludes halogenated alkanes) is 1. The van der Waals surface area contributed by atoms with Crippen LogP contribution in [0.15, 0.2) is 30.3 Å². The number of nitrogens with zero attached hydrogens (tertiary/aromatic N) is 2. The van der Waals surface area contributed by atoms with Crippen molar-refractivity contribution in [3.05, 3.63) is 58.5 Å². The first kappa shape index (κ1) is 27.9.